The van der Waals surface area contributed by atoms with Gasteiger partial charge in [-0.25, -0.2) is 0 Å². The first kappa shape index (κ1) is 12.5. The SMILES string of the molecule is O=C(c1ccccc1-c1ccccc1)C(Br)Br. The molecule has 0 saturated heterocycles. The topological polar surface area (TPSA) is 17.1 Å². The average molecular weight is 354 g/mol. The van der Waals surface area contributed by atoms with E-state index in [2.05, 4.69) is 31.9 Å². The minimum Gasteiger partial charge on any atom is -0.292 e. The quantitative estimate of drug-likeness (QED) is 0.579. The van der Waals surface area contributed by atoms with Crippen molar-refractivity contribution in [2.45, 2.75) is 3.74 Å². The minimum absolute atomic E-state index is 0.0319. The Morgan fingerprint density at radius 2 is 1.47 bits per heavy atom. The van der Waals surface area contributed by atoms with Crippen LogP contribution in [0, 0.1) is 0 Å². The van der Waals surface area contributed by atoms with Gasteiger partial charge in [0, 0.05) is 5.56 Å². The Labute approximate surface area is 117 Å². The van der Waals surface area contributed by atoms with Gasteiger partial charge in [-0.05, 0) is 11.1 Å². The molecule has 2 rings (SSSR count). The van der Waals surface area contributed by atoms with Crippen LogP contribution in [0.5, 0.6) is 0 Å². The average Bonchev–Trinajstić information content (AvgIpc) is 2.39. The molecule has 0 aromatic heterocycles. The number of hydrogen-bond donors (Lipinski definition) is 0. The van der Waals surface area contributed by atoms with Gasteiger partial charge in [-0.1, -0.05) is 86.5 Å². The van der Waals surface area contributed by atoms with E-state index in [1.807, 2.05) is 54.6 Å². The van der Waals surface area contributed by atoms with Crippen LogP contribution in [0.4, 0.5) is 0 Å². The van der Waals surface area contributed by atoms with Gasteiger partial charge in [0.05, 0.1) is 0 Å². The lowest BCUT2D eigenvalue weighted by Crippen LogP contribution is -2.08. The molecule has 0 aliphatic heterocycles. The highest BCUT2D eigenvalue weighted by atomic mass is 79.9. The summed E-state index contributed by atoms with van der Waals surface area (Å²) >= 11 is 6.50. The molecule has 0 radical (unpaired) electrons. The first-order valence-corrected chi connectivity index (χ1v) is 7.00. The van der Waals surface area contributed by atoms with Crippen LogP contribution < -0.4 is 0 Å². The van der Waals surface area contributed by atoms with Crippen LogP contribution in [0.25, 0.3) is 11.1 Å². The van der Waals surface area contributed by atoms with E-state index < -0.39 is 0 Å². The molecule has 0 heterocycles. The second kappa shape index (κ2) is 5.61. The Balaban J connectivity index is 2.52. The molecule has 86 valence electrons. The van der Waals surface area contributed by atoms with Crippen molar-refractivity contribution in [3.8, 4) is 11.1 Å². The molecule has 17 heavy (non-hydrogen) atoms. The zero-order chi connectivity index (χ0) is 12.3. The summed E-state index contributed by atoms with van der Waals surface area (Å²) in [5.41, 5.74) is 2.73. The van der Waals surface area contributed by atoms with Gasteiger partial charge < -0.3 is 0 Å². The highest BCUT2D eigenvalue weighted by Crippen LogP contribution is 2.26. The molecule has 2 aromatic rings. The highest BCUT2D eigenvalue weighted by Gasteiger charge is 2.17. The zero-order valence-corrected chi connectivity index (χ0v) is 12.1. The Bertz CT molecular complexity index is 521. The van der Waals surface area contributed by atoms with Crippen molar-refractivity contribution in [3.05, 3.63) is 60.2 Å². The van der Waals surface area contributed by atoms with Gasteiger partial charge in [-0.3, -0.25) is 4.79 Å². The third kappa shape index (κ3) is 2.85. The third-order valence-corrected chi connectivity index (χ3v) is 3.31. The number of hydrogen-bond acceptors (Lipinski definition) is 1. The van der Waals surface area contributed by atoms with E-state index in [0.717, 1.165) is 16.7 Å². The Morgan fingerprint density at radius 3 is 2.12 bits per heavy atom. The molecular weight excluding hydrogens is 344 g/mol. The van der Waals surface area contributed by atoms with E-state index in [1.165, 1.54) is 0 Å². The molecule has 3 heteroatoms. The van der Waals surface area contributed by atoms with Crippen LogP contribution in [0.15, 0.2) is 54.6 Å². The van der Waals surface area contributed by atoms with Crippen molar-refractivity contribution in [3.63, 3.8) is 0 Å². The zero-order valence-electron chi connectivity index (χ0n) is 8.94. The summed E-state index contributed by atoms with van der Waals surface area (Å²) in [6.07, 6.45) is 0. The van der Waals surface area contributed by atoms with Gasteiger partial charge in [0.2, 0.25) is 0 Å². The maximum absolute atomic E-state index is 12.0. The molecule has 0 fully saturated rings. The maximum Gasteiger partial charge on any atom is 0.187 e. The van der Waals surface area contributed by atoms with Crippen molar-refractivity contribution < 1.29 is 4.79 Å². The van der Waals surface area contributed by atoms with Crippen molar-refractivity contribution in [2.24, 2.45) is 0 Å². The summed E-state index contributed by atoms with van der Waals surface area (Å²) in [4.78, 5) is 12.0. The standard InChI is InChI=1S/C14H10Br2O/c15-14(16)13(17)12-9-5-4-8-11(12)10-6-2-1-3-7-10/h1-9,14H. The van der Waals surface area contributed by atoms with Crippen molar-refractivity contribution in [2.75, 3.05) is 0 Å². The second-order valence-electron chi connectivity index (χ2n) is 3.58. The van der Waals surface area contributed by atoms with Crippen LogP contribution >= 0.6 is 31.9 Å². The molecule has 0 atom stereocenters. The predicted molar refractivity (Wildman–Crippen MR) is 77.9 cm³/mol. The highest BCUT2D eigenvalue weighted by molar-refractivity contribution is 9.25. The summed E-state index contributed by atoms with van der Waals surface area (Å²) in [6, 6.07) is 17.5. The van der Waals surface area contributed by atoms with Crippen molar-refractivity contribution in [1.29, 1.82) is 0 Å². The lowest BCUT2D eigenvalue weighted by molar-refractivity contribution is 0.101. The Hall–Kier alpha value is -0.930. The fraction of sp³-hybridized carbons (Fsp3) is 0.0714. The van der Waals surface area contributed by atoms with Gasteiger partial charge in [-0.2, -0.15) is 0 Å². The van der Waals surface area contributed by atoms with Crippen molar-refractivity contribution in [1.82, 2.24) is 0 Å². The fourth-order valence-electron chi connectivity index (χ4n) is 1.68. The maximum atomic E-state index is 12.0. The third-order valence-electron chi connectivity index (χ3n) is 2.48. The lowest BCUT2D eigenvalue weighted by Gasteiger charge is -2.09. The number of Topliss-reactive ketones (excluding diaryl/α,β-unsaturated/α-hetero) is 1. The summed E-state index contributed by atoms with van der Waals surface area (Å²) in [5.74, 6) is 0.0319. The Morgan fingerprint density at radius 1 is 0.882 bits per heavy atom. The van der Waals surface area contributed by atoms with Crippen LogP contribution in [-0.4, -0.2) is 9.52 Å². The summed E-state index contributed by atoms with van der Waals surface area (Å²) < 4.78 is -0.347. The summed E-state index contributed by atoms with van der Waals surface area (Å²) in [7, 11) is 0. The molecule has 0 amide bonds. The van der Waals surface area contributed by atoms with E-state index in [0.29, 0.717) is 0 Å². The molecule has 0 aliphatic carbocycles. The van der Waals surface area contributed by atoms with E-state index in [-0.39, 0.29) is 9.52 Å². The molecular formula is C14H10Br2O. The number of ketones is 1. The summed E-state index contributed by atoms with van der Waals surface area (Å²) in [6.45, 7) is 0. The first-order chi connectivity index (χ1) is 8.20. The van der Waals surface area contributed by atoms with Crippen LogP contribution in [0.3, 0.4) is 0 Å². The lowest BCUT2D eigenvalue weighted by atomic mass is 9.98. The van der Waals surface area contributed by atoms with Gasteiger partial charge in [0.25, 0.3) is 0 Å². The number of alkyl halides is 2. The number of rotatable bonds is 3. The van der Waals surface area contributed by atoms with Crippen LogP contribution in [-0.2, 0) is 0 Å². The van der Waals surface area contributed by atoms with Gasteiger partial charge in [0.1, 0.15) is 3.74 Å². The monoisotopic (exact) mass is 352 g/mol. The largest absolute Gasteiger partial charge is 0.292 e. The molecule has 0 spiro atoms. The molecule has 2 aromatic carbocycles. The molecule has 0 N–H and O–H groups in total. The molecule has 0 saturated carbocycles. The van der Waals surface area contributed by atoms with Gasteiger partial charge >= 0.3 is 0 Å². The fourth-order valence-corrected chi connectivity index (χ4v) is 2.18. The smallest absolute Gasteiger partial charge is 0.187 e. The van der Waals surface area contributed by atoms with Crippen molar-refractivity contribution >= 4 is 37.6 Å². The first-order valence-electron chi connectivity index (χ1n) is 5.17. The van der Waals surface area contributed by atoms with E-state index in [9.17, 15) is 4.79 Å². The van der Waals surface area contributed by atoms with Crippen LogP contribution in [0.1, 0.15) is 10.4 Å². The molecule has 0 bridgehead atoms. The number of benzene rings is 2. The molecule has 0 aliphatic rings. The second-order valence-corrected chi connectivity index (χ2v) is 6.64. The Kier molecular flexibility index (Phi) is 4.13. The van der Waals surface area contributed by atoms with E-state index in [1.54, 1.807) is 0 Å². The minimum atomic E-state index is -0.347. The predicted octanol–water partition coefficient (Wildman–Crippen LogP) is 4.65. The normalized spacial score (nSPS) is 10.5. The van der Waals surface area contributed by atoms with E-state index >= 15 is 0 Å². The number of halogens is 2. The van der Waals surface area contributed by atoms with E-state index in [4.69, 9.17) is 0 Å². The summed E-state index contributed by atoms with van der Waals surface area (Å²) in [5, 5.41) is 0. The number of carbonyl (C=O) groups excluding carboxylic acids is 1. The number of carbonyl (C=O) groups is 1. The van der Waals surface area contributed by atoms with Crippen LogP contribution in [0.2, 0.25) is 0 Å². The van der Waals surface area contributed by atoms with Gasteiger partial charge in [0.15, 0.2) is 5.78 Å². The molecule has 1 nitrogen and oxygen atoms in total. The van der Waals surface area contributed by atoms with Gasteiger partial charge in [-0.15, -0.1) is 0 Å². The molecule has 0 unspecified atom stereocenters.